The van der Waals surface area contributed by atoms with Crippen LogP contribution in [0.15, 0.2) is 0 Å². The maximum atomic E-state index is 3.44. The topological polar surface area (TPSA) is 12.0 Å². The third-order valence-corrected chi connectivity index (χ3v) is 2.26. The second-order valence-electron chi connectivity index (χ2n) is 3.58. The van der Waals surface area contributed by atoms with Crippen molar-refractivity contribution in [3.05, 3.63) is 0 Å². The smallest absolute Gasteiger partial charge is 0.00103 e. The van der Waals surface area contributed by atoms with Crippen molar-refractivity contribution in [2.45, 2.75) is 53.0 Å². The van der Waals surface area contributed by atoms with Gasteiger partial charge in [-0.2, -0.15) is 0 Å². The standard InChI is InChI=1S/C10H23N/c1-5-10(6-2)7-8-11-9(3)4/h9-11H,5-8H2,1-4H3. The van der Waals surface area contributed by atoms with Crippen LogP contribution in [-0.4, -0.2) is 12.6 Å². The molecule has 68 valence electrons. The molecule has 0 saturated heterocycles. The van der Waals surface area contributed by atoms with E-state index >= 15 is 0 Å². The Labute approximate surface area is 71.6 Å². The zero-order valence-corrected chi connectivity index (χ0v) is 8.48. The van der Waals surface area contributed by atoms with Gasteiger partial charge in [0.1, 0.15) is 0 Å². The lowest BCUT2D eigenvalue weighted by Crippen LogP contribution is -2.25. The van der Waals surface area contributed by atoms with E-state index in [1.165, 1.54) is 25.8 Å². The van der Waals surface area contributed by atoms with Gasteiger partial charge < -0.3 is 5.32 Å². The minimum absolute atomic E-state index is 0.643. The summed E-state index contributed by atoms with van der Waals surface area (Å²) in [6.45, 7) is 10.1. The quantitative estimate of drug-likeness (QED) is 0.625. The molecule has 0 spiro atoms. The molecule has 0 heterocycles. The van der Waals surface area contributed by atoms with E-state index in [1.54, 1.807) is 0 Å². The average Bonchev–Trinajstić information content (AvgIpc) is 1.98. The van der Waals surface area contributed by atoms with Gasteiger partial charge >= 0.3 is 0 Å². The van der Waals surface area contributed by atoms with Crippen molar-refractivity contribution in [3.8, 4) is 0 Å². The normalized spacial score (nSPS) is 11.5. The summed E-state index contributed by atoms with van der Waals surface area (Å²) in [5.74, 6) is 0.932. The molecule has 0 bridgehead atoms. The van der Waals surface area contributed by atoms with Crippen molar-refractivity contribution < 1.29 is 0 Å². The monoisotopic (exact) mass is 157 g/mol. The highest BCUT2D eigenvalue weighted by Crippen LogP contribution is 2.10. The van der Waals surface area contributed by atoms with E-state index in [-0.39, 0.29) is 0 Å². The summed E-state index contributed by atoms with van der Waals surface area (Å²) in [6.07, 6.45) is 4.00. The van der Waals surface area contributed by atoms with Crippen molar-refractivity contribution >= 4 is 0 Å². The molecule has 0 fully saturated rings. The Hall–Kier alpha value is -0.0400. The fraction of sp³-hybridized carbons (Fsp3) is 1.00. The minimum Gasteiger partial charge on any atom is -0.315 e. The lowest BCUT2D eigenvalue weighted by Gasteiger charge is -2.13. The van der Waals surface area contributed by atoms with E-state index in [9.17, 15) is 0 Å². The molecule has 1 heteroatoms. The van der Waals surface area contributed by atoms with Crippen LogP contribution in [0.4, 0.5) is 0 Å². The lowest BCUT2D eigenvalue weighted by molar-refractivity contribution is 0.427. The molecule has 0 aromatic carbocycles. The fourth-order valence-corrected chi connectivity index (χ4v) is 1.27. The van der Waals surface area contributed by atoms with Crippen LogP contribution in [-0.2, 0) is 0 Å². The predicted molar refractivity (Wildman–Crippen MR) is 51.8 cm³/mol. The summed E-state index contributed by atoms with van der Waals surface area (Å²) in [4.78, 5) is 0. The lowest BCUT2D eigenvalue weighted by atomic mass is 10.00. The van der Waals surface area contributed by atoms with Crippen LogP contribution in [0.2, 0.25) is 0 Å². The zero-order chi connectivity index (χ0) is 8.69. The van der Waals surface area contributed by atoms with Crippen LogP contribution in [0.3, 0.4) is 0 Å². The van der Waals surface area contributed by atoms with Gasteiger partial charge in [0.15, 0.2) is 0 Å². The Morgan fingerprint density at radius 1 is 1.09 bits per heavy atom. The summed E-state index contributed by atoms with van der Waals surface area (Å²) in [7, 11) is 0. The molecule has 0 rings (SSSR count). The Kier molecular flexibility index (Phi) is 6.63. The molecular formula is C10H23N. The molecule has 0 atom stereocenters. The average molecular weight is 157 g/mol. The first-order valence-corrected chi connectivity index (χ1v) is 4.94. The maximum Gasteiger partial charge on any atom is 0.00103 e. The Bertz CT molecular complexity index is 74.9. The number of nitrogens with one attached hydrogen (secondary N) is 1. The Balaban J connectivity index is 3.21. The van der Waals surface area contributed by atoms with Gasteiger partial charge in [-0.25, -0.2) is 0 Å². The van der Waals surface area contributed by atoms with Crippen LogP contribution < -0.4 is 5.32 Å². The molecule has 0 aliphatic carbocycles. The zero-order valence-electron chi connectivity index (χ0n) is 8.48. The van der Waals surface area contributed by atoms with Crippen molar-refractivity contribution in [2.24, 2.45) is 5.92 Å². The van der Waals surface area contributed by atoms with E-state index in [1.807, 2.05) is 0 Å². The Morgan fingerprint density at radius 2 is 1.64 bits per heavy atom. The Morgan fingerprint density at radius 3 is 2.00 bits per heavy atom. The van der Waals surface area contributed by atoms with Crippen LogP contribution in [0.1, 0.15) is 47.0 Å². The molecule has 0 radical (unpaired) electrons. The molecule has 0 aromatic heterocycles. The van der Waals surface area contributed by atoms with Gasteiger partial charge in [0, 0.05) is 6.04 Å². The first kappa shape index (κ1) is 11.0. The molecule has 0 unspecified atom stereocenters. The molecule has 1 nitrogen and oxygen atoms in total. The van der Waals surface area contributed by atoms with Gasteiger partial charge in [-0.05, 0) is 18.9 Å². The molecule has 0 aliphatic rings. The number of rotatable bonds is 6. The number of hydrogen-bond donors (Lipinski definition) is 1. The predicted octanol–water partition coefficient (Wildman–Crippen LogP) is 2.81. The summed E-state index contributed by atoms with van der Waals surface area (Å²) in [6, 6.07) is 0.643. The molecule has 0 aromatic rings. The van der Waals surface area contributed by atoms with E-state index in [0.717, 1.165) is 5.92 Å². The molecule has 11 heavy (non-hydrogen) atoms. The maximum absolute atomic E-state index is 3.44. The number of hydrogen-bond acceptors (Lipinski definition) is 1. The fourth-order valence-electron chi connectivity index (χ4n) is 1.27. The largest absolute Gasteiger partial charge is 0.315 e. The molecular weight excluding hydrogens is 134 g/mol. The van der Waals surface area contributed by atoms with Gasteiger partial charge in [0.2, 0.25) is 0 Å². The van der Waals surface area contributed by atoms with E-state index in [0.29, 0.717) is 6.04 Å². The highest BCUT2D eigenvalue weighted by atomic mass is 14.9. The molecule has 0 amide bonds. The van der Waals surface area contributed by atoms with E-state index in [4.69, 9.17) is 0 Å². The van der Waals surface area contributed by atoms with Crippen LogP contribution >= 0.6 is 0 Å². The third kappa shape index (κ3) is 6.36. The van der Waals surface area contributed by atoms with E-state index < -0.39 is 0 Å². The second-order valence-corrected chi connectivity index (χ2v) is 3.58. The summed E-state index contributed by atoms with van der Waals surface area (Å²) >= 11 is 0. The highest BCUT2D eigenvalue weighted by Gasteiger charge is 2.02. The summed E-state index contributed by atoms with van der Waals surface area (Å²) in [5, 5.41) is 3.44. The summed E-state index contributed by atoms with van der Waals surface area (Å²) in [5.41, 5.74) is 0. The van der Waals surface area contributed by atoms with Crippen LogP contribution in [0.5, 0.6) is 0 Å². The van der Waals surface area contributed by atoms with Gasteiger partial charge in [-0.3, -0.25) is 0 Å². The summed E-state index contributed by atoms with van der Waals surface area (Å²) < 4.78 is 0. The second kappa shape index (κ2) is 6.66. The van der Waals surface area contributed by atoms with Crippen molar-refractivity contribution in [1.29, 1.82) is 0 Å². The van der Waals surface area contributed by atoms with Crippen LogP contribution in [0, 0.1) is 5.92 Å². The molecule has 0 saturated carbocycles. The van der Waals surface area contributed by atoms with Gasteiger partial charge in [-0.1, -0.05) is 40.5 Å². The molecule has 0 aliphatic heterocycles. The van der Waals surface area contributed by atoms with E-state index in [2.05, 4.69) is 33.0 Å². The molecule has 1 N–H and O–H groups in total. The highest BCUT2D eigenvalue weighted by molar-refractivity contribution is 4.59. The van der Waals surface area contributed by atoms with Crippen molar-refractivity contribution in [1.82, 2.24) is 5.32 Å². The third-order valence-electron chi connectivity index (χ3n) is 2.26. The van der Waals surface area contributed by atoms with Gasteiger partial charge in [0.25, 0.3) is 0 Å². The van der Waals surface area contributed by atoms with Crippen LogP contribution in [0.25, 0.3) is 0 Å². The SMILES string of the molecule is CCC(CC)CCNC(C)C. The van der Waals surface area contributed by atoms with Crippen molar-refractivity contribution in [3.63, 3.8) is 0 Å². The first-order chi connectivity index (χ1) is 5.20. The minimum atomic E-state index is 0.643. The van der Waals surface area contributed by atoms with Gasteiger partial charge in [0.05, 0.1) is 0 Å². The van der Waals surface area contributed by atoms with Crippen molar-refractivity contribution in [2.75, 3.05) is 6.54 Å². The van der Waals surface area contributed by atoms with Gasteiger partial charge in [-0.15, -0.1) is 0 Å². The first-order valence-electron chi connectivity index (χ1n) is 4.94.